The van der Waals surface area contributed by atoms with Crippen LogP contribution in [0.2, 0.25) is 0 Å². The zero-order valence-corrected chi connectivity index (χ0v) is 10.6. The number of carbonyl (C=O) groups is 1. The zero-order chi connectivity index (χ0) is 12.5. The smallest absolute Gasteiger partial charge is 0.253 e. The summed E-state index contributed by atoms with van der Waals surface area (Å²) in [4.78, 5) is 18.0. The van der Waals surface area contributed by atoms with Crippen LogP contribution in [0.1, 0.15) is 37.0 Å². The molecule has 1 rings (SSSR count). The Morgan fingerprint density at radius 2 is 2.06 bits per heavy atom. The third-order valence-electron chi connectivity index (χ3n) is 2.47. The first kappa shape index (κ1) is 13.6. The molecule has 0 aliphatic heterocycles. The van der Waals surface area contributed by atoms with Gasteiger partial charge >= 0.3 is 0 Å². The van der Waals surface area contributed by atoms with Crippen molar-refractivity contribution < 1.29 is 4.79 Å². The molecule has 0 bridgehead atoms. The Balaban J connectivity index is 2.41. The lowest BCUT2D eigenvalue weighted by Gasteiger charge is -2.21. The second-order valence-electron chi connectivity index (χ2n) is 4.02. The summed E-state index contributed by atoms with van der Waals surface area (Å²) in [6.45, 7) is 6.93. The van der Waals surface area contributed by atoms with E-state index in [-0.39, 0.29) is 5.91 Å². The summed E-state index contributed by atoms with van der Waals surface area (Å²) < 4.78 is 0. The largest absolute Gasteiger partial charge is 0.339 e. The molecule has 0 radical (unpaired) electrons. The fourth-order valence-corrected chi connectivity index (χ4v) is 1.69. The summed E-state index contributed by atoms with van der Waals surface area (Å²) >= 11 is 0. The Morgan fingerprint density at radius 3 is 2.59 bits per heavy atom. The summed E-state index contributed by atoms with van der Waals surface area (Å²) in [5.74, 6) is -0.0599. The van der Waals surface area contributed by atoms with Crippen LogP contribution < -0.4 is 5.32 Å². The summed E-state index contributed by atoms with van der Waals surface area (Å²) in [6.07, 6.45) is 5.45. The Kier molecular flexibility index (Phi) is 6.25. The van der Waals surface area contributed by atoms with Crippen molar-refractivity contribution in [3.8, 4) is 0 Å². The molecule has 0 spiro atoms. The van der Waals surface area contributed by atoms with Crippen LogP contribution >= 0.6 is 0 Å². The maximum Gasteiger partial charge on any atom is 0.253 e. The van der Waals surface area contributed by atoms with Gasteiger partial charge in [0, 0.05) is 12.4 Å². The molecule has 0 aliphatic carbocycles. The molecular formula is C13H21N3O. The number of aromatic nitrogens is 1. The lowest BCUT2D eigenvalue weighted by molar-refractivity contribution is 0.0922. The topological polar surface area (TPSA) is 45.2 Å². The highest BCUT2D eigenvalue weighted by atomic mass is 16.1. The van der Waals surface area contributed by atoms with Gasteiger partial charge in [-0.15, -0.1) is 0 Å². The van der Waals surface area contributed by atoms with Crippen LogP contribution in [0.25, 0.3) is 0 Å². The SMILES string of the molecule is CCCN(CCC)CNC(=O)c1cccnc1. The van der Waals surface area contributed by atoms with Crippen LogP contribution in [0.3, 0.4) is 0 Å². The number of nitrogens with one attached hydrogen (secondary N) is 1. The molecule has 0 aliphatic rings. The van der Waals surface area contributed by atoms with Crippen molar-refractivity contribution in [3.05, 3.63) is 30.1 Å². The maximum atomic E-state index is 11.8. The molecule has 1 aromatic rings. The molecule has 0 atom stereocenters. The van der Waals surface area contributed by atoms with Crippen LogP contribution in [0.4, 0.5) is 0 Å². The quantitative estimate of drug-likeness (QED) is 0.734. The van der Waals surface area contributed by atoms with E-state index in [4.69, 9.17) is 0 Å². The summed E-state index contributed by atoms with van der Waals surface area (Å²) in [5.41, 5.74) is 0.612. The van der Waals surface area contributed by atoms with Gasteiger partial charge in [-0.2, -0.15) is 0 Å². The molecule has 1 amide bonds. The minimum Gasteiger partial charge on any atom is -0.339 e. The third kappa shape index (κ3) is 4.95. The van der Waals surface area contributed by atoms with Gasteiger partial charge in [0.25, 0.3) is 5.91 Å². The third-order valence-corrected chi connectivity index (χ3v) is 2.47. The second kappa shape index (κ2) is 7.79. The van der Waals surface area contributed by atoms with E-state index in [0.29, 0.717) is 12.2 Å². The van der Waals surface area contributed by atoms with Gasteiger partial charge in [0.1, 0.15) is 0 Å². The molecular weight excluding hydrogens is 214 g/mol. The molecule has 1 N–H and O–H groups in total. The Morgan fingerprint density at radius 1 is 1.35 bits per heavy atom. The summed E-state index contributed by atoms with van der Waals surface area (Å²) in [6, 6.07) is 3.54. The maximum absolute atomic E-state index is 11.8. The molecule has 4 nitrogen and oxygen atoms in total. The molecule has 1 heterocycles. The van der Waals surface area contributed by atoms with Crippen molar-refractivity contribution in [1.29, 1.82) is 0 Å². The van der Waals surface area contributed by atoms with E-state index >= 15 is 0 Å². The first-order valence-corrected chi connectivity index (χ1v) is 6.18. The molecule has 17 heavy (non-hydrogen) atoms. The van der Waals surface area contributed by atoms with E-state index in [0.717, 1.165) is 25.9 Å². The molecule has 0 aromatic carbocycles. The molecule has 4 heteroatoms. The lowest BCUT2D eigenvalue weighted by atomic mass is 10.3. The normalized spacial score (nSPS) is 10.5. The zero-order valence-electron chi connectivity index (χ0n) is 10.6. The van der Waals surface area contributed by atoms with Crippen molar-refractivity contribution in [1.82, 2.24) is 15.2 Å². The van der Waals surface area contributed by atoms with E-state index in [1.807, 2.05) is 0 Å². The Labute approximate surface area is 103 Å². The Bertz CT molecular complexity index is 321. The van der Waals surface area contributed by atoms with E-state index in [9.17, 15) is 4.79 Å². The summed E-state index contributed by atoms with van der Waals surface area (Å²) in [7, 11) is 0. The van der Waals surface area contributed by atoms with Crippen molar-refractivity contribution in [3.63, 3.8) is 0 Å². The predicted octanol–water partition coefficient (Wildman–Crippen LogP) is 1.89. The standard InChI is InChI=1S/C13H21N3O/c1-3-8-16(9-4-2)11-15-13(17)12-6-5-7-14-10-12/h5-7,10H,3-4,8-9,11H2,1-2H3,(H,15,17). The van der Waals surface area contributed by atoms with Gasteiger partial charge in [0.15, 0.2) is 0 Å². The van der Waals surface area contributed by atoms with Gasteiger partial charge in [-0.3, -0.25) is 14.7 Å². The average Bonchev–Trinajstić information content (AvgIpc) is 2.37. The number of carbonyl (C=O) groups excluding carboxylic acids is 1. The van der Waals surface area contributed by atoms with Crippen molar-refractivity contribution in [2.75, 3.05) is 19.8 Å². The van der Waals surface area contributed by atoms with Crippen molar-refractivity contribution in [2.45, 2.75) is 26.7 Å². The lowest BCUT2D eigenvalue weighted by Crippen LogP contribution is -2.38. The van der Waals surface area contributed by atoms with Crippen molar-refractivity contribution >= 4 is 5.91 Å². The highest BCUT2D eigenvalue weighted by Crippen LogP contribution is 1.96. The highest BCUT2D eigenvalue weighted by Gasteiger charge is 2.07. The van der Waals surface area contributed by atoms with Crippen molar-refractivity contribution in [2.24, 2.45) is 0 Å². The van der Waals surface area contributed by atoms with Gasteiger partial charge in [0.2, 0.25) is 0 Å². The van der Waals surface area contributed by atoms with Gasteiger partial charge in [0.05, 0.1) is 12.2 Å². The monoisotopic (exact) mass is 235 g/mol. The minimum atomic E-state index is -0.0599. The predicted molar refractivity (Wildman–Crippen MR) is 68.7 cm³/mol. The van der Waals surface area contributed by atoms with Gasteiger partial charge in [-0.1, -0.05) is 13.8 Å². The van der Waals surface area contributed by atoms with E-state index in [2.05, 4.69) is 29.0 Å². The van der Waals surface area contributed by atoms with Crippen LogP contribution in [-0.4, -0.2) is 35.5 Å². The number of amides is 1. The molecule has 1 aromatic heterocycles. The van der Waals surface area contributed by atoms with E-state index in [1.54, 1.807) is 24.5 Å². The first-order valence-electron chi connectivity index (χ1n) is 6.18. The van der Waals surface area contributed by atoms with Crippen LogP contribution in [-0.2, 0) is 0 Å². The fourth-order valence-electron chi connectivity index (χ4n) is 1.69. The van der Waals surface area contributed by atoms with Crippen LogP contribution in [0, 0.1) is 0 Å². The minimum absolute atomic E-state index is 0.0599. The molecule has 0 unspecified atom stereocenters. The van der Waals surface area contributed by atoms with E-state index in [1.165, 1.54) is 0 Å². The highest BCUT2D eigenvalue weighted by molar-refractivity contribution is 5.93. The molecule has 0 saturated heterocycles. The first-order chi connectivity index (χ1) is 8.27. The van der Waals surface area contributed by atoms with Gasteiger partial charge in [-0.25, -0.2) is 0 Å². The molecule has 0 fully saturated rings. The van der Waals surface area contributed by atoms with E-state index < -0.39 is 0 Å². The van der Waals surface area contributed by atoms with Gasteiger partial charge < -0.3 is 5.32 Å². The number of hydrogen-bond donors (Lipinski definition) is 1. The Hall–Kier alpha value is -1.42. The molecule has 94 valence electrons. The number of hydrogen-bond acceptors (Lipinski definition) is 3. The summed E-state index contributed by atoms with van der Waals surface area (Å²) in [5, 5.41) is 2.92. The second-order valence-corrected chi connectivity index (χ2v) is 4.02. The van der Waals surface area contributed by atoms with Crippen LogP contribution in [0.15, 0.2) is 24.5 Å². The number of nitrogens with zero attached hydrogens (tertiary/aromatic N) is 2. The number of pyridine rings is 1. The fraction of sp³-hybridized carbons (Fsp3) is 0.538. The molecule has 0 saturated carbocycles. The average molecular weight is 235 g/mol. The van der Waals surface area contributed by atoms with Gasteiger partial charge in [-0.05, 0) is 38.1 Å². The number of rotatable bonds is 7. The van der Waals surface area contributed by atoms with Crippen LogP contribution in [0.5, 0.6) is 0 Å².